The number of likely N-dealkylation sites (N-methyl/N-ethyl adjacent to an activating group) is 1. The van der Waals surface area contributed by atoms with Crippen molar-refractivity contribution in [2.75, 3.05) is 27.2 Å². The molecule has 0 amide bonds. The Kier molecular flexibility index (Phi) is 19.6. The van der Waals surface area contributed by atoms with Crippen LogP contribution in [0.15, 0.2) is 24.3 Å². The molecule has 0 spiro atoms. The number of ether oxygens (including phenoxy) is 1. The van der Waals surface area contributed by atoms with Crippen molar-refractivity contribution in [3.63, 3.8) is 0 Å². The van der Waals surface area contributed by atoms with E-state index in [0.717, 1.165) is 38.8 Å². The van der Waals surface area contributed by atoms with E-state index in [1.165, 1.54) is 64.2 Å². The molecule has 1 N–H and O–H groups in total. The standard InChI is InChI=1S/C29H59NO2Si/c1-8-9-10-11-12-13-14-15-16-17-18-19-20-21-22-23-26-32-28(27-30(4)5)24-25-29(2,3)33(6,7)31/h12-13,15-16,28,31H,8-11,14,17-27H2,1-7H3/b13-12-,16-15-. The molecule has 0 rings (SSSR count). The summed E-state index contributed by atoms with van der Waals surface area (Å²) in [5.41, 5.74) is 0. The molecule has 0 aromatic heterocycles. The maximum atomic E-state index is 10.6. The molecule has 0 aromatic carbocycles. The van der Waals surface area contributed by atoms with Crippen LogP contribution < -0.4 is 0 Å². The van der Waals surface area contributed by atoms with Gasteiger partial charge in [0, 0.05) is 13.2 Å². The molecular formula is C29H59NO2Si. The molecule has 196 valence electrons. The van der Waals surface area contributed by atoms with Crippen molar-refractivity contribution in [3.8, 4) is 0 Å². The van der Waals surface area contributed by atoms with Gasteiger partial charge in [0.2, 0.25) is 0 Å². The Balaban J connectivity index is 3.77. The quantitative estimate of drug-likeness (QED) is 0.0955. The molecule has 0 radical (unpaired) electrons. The second kappa shape index (κ2) is 19.8. The van der Waals surface area contributed by atoms with E-state index in [0.29, 0.717) is 0 Å². The van der Waals surface area contributed by atoms with Crippen molar-refractivity contribution >= 4 is 8.32 Å². The maximum Gasteiger partial charge on any atom is 0.188 e. The lowest BCUT2D eigenvalue weighted by Crippen LogP contribution is -2.40. The van der Waals surface area contributed by atoms with E-state index in [-0.39, 0.29) is 11.1 Å². The van der Waals surface area contributed by atoms with Crippen LogP contribution in [0.25, 0.3) is 0 Å². The minimum Gasteiger partial charge on any atom is -0.432 e. The summed E-state index contributed by atoms with van der Waals surface area (Å²) >= 11 is 0. The summed E-state index contributed by atoms with van der Waals surface area (Å²) in [6, 6.07) is 0. The lowest BCUT2D eigenvalue weighted by molar-refractivity contribution is 0.0250. The molecule has 1 atom stereocenters. The van der Waals surface area contributed by atoms with Gasteiger partial charge in [-0.05, 0) is 83.6 Å². The molecule has 0 aliphatic rings. The van der Waals surface area contributed by atoms with E-state index in [9.17, 15) is 4.80 Å². The summed E-state index contributed by atoms with van der Waals surface area (Å²) in [4.78, 5) is 12.8. The van der Waals surface area contributed by atoms with Gasteiger partial charge in [-0.1, -0.05) is 83.6 Å². The Morgan fingerprint density at radius 3 is 1.94 bits per heavy atom. The van der Waals surface area contributed by atoms with Gasteiger partial charge in [0.15, 0.2) is 8.32 Å². The van der Waals surface area contributed by atoms with Crippen LogP contribution in [0.3, 0.4) is 0 Å². The third kappa shape index (κ3) is 19.6. The number of hydrogen-bond acceptors (Lipinski definition) is 3. The van der Waals surface area contributed by atoms with Gasteiger partial charge in [0.05, 0.1) is 6.10 Å². The lowest BCUT2D eigenvalue weighted by atomic mass is 10.0. The topological polar surface area (TPSA) is 32.7 Å². The SMILES string of the molecule is CCCCC/C=C\C/C=C\CCCCCCCCOC(CCC(C)(C)[Si](C)(C)O)CN(C)C. The first-order chi connectivity index (χ1) is 15.6. The highest BCUT2D eigenvalue weighted by Gasteiger charge is 2.38. The molecule has 0 bridgehead atoms. The first kappa shape index (κ1) is 32.6. The van der Waals surface area contributed by atoms with E-state index < -0.39 is 8.32 Å². The van der Waals surface area contributed by atoms with E-state index in [4.69, 9.17) is 4.74 Å². The largest absolute Gasteiger partial charge is 0.432 e. The van der Waals surface area contributed by atoms with Gasteiger partial charge in [0.25, 0.3) is 0 Å². The van der Waals surface area contributed by atoms with Crippen LogP contribution in [0, 0.1) is 0 Å². The third-order valence-electron chi connectivity index (χ3n) is 7.01. The molecule has 0 fully saturated rings. The van der Waals surface area contributed by atoms with Gasteiger partial charge in [0.1, 0.15) is 0 Å². The minimum absolute atomic E-state index is 0.0288. The zero-order chi connectivity index (χ0) is 25.0. The lowest BCUT2D eigenvalue weighted by Gasteiger charge is -2.36. The van der Waals surface area contributed by atoms with Gasteiger partial charge < -0.3 is 14.4 Å². The van der Waals surface area contributed by atoms with Crippen molar-refractivity contribution in [3.05, 3.63) is 24.3 Å². The molecule has 0 heterocycles. The van der Waals surface area contributed by atoms with E-state index in [1.807, 2.05) is 0 Å². The van der Waals surface area contributed by atoms with Crippen molar-refractivity contribution < 1.29 is 9.53 Å². The Labute approximate surface area is 209 Å². The van der Waals surface area contributed by atoms with Crippen LogP contribution in [-0.2, 0) is 4.74 Å². The molecule has 0 aliphatic heterocycles. The normalized spacial score (nSPS) is 14.2. The summed E-state index contributed by atoms with van der Waals surface area (Å²) < 4.78 is 6.26. The van der Waals surface area contributed by atoms with Crippen LogP contribution >= 0.6 is 0 Å². The predicted octanol–water partition coefficient (Wildman–Crippen LogP) is 8.50. The van der Waals surface area contributed by atoms with E-state index >= 15 is 0 Å². The summed E-state index contributed by atoms with van der Waals surface area (Å²) in [5, 5.41) is 0.0288. The van der Waals surface area contributed by atoms with Crippen LogP contribution in [0.2, 0.25) is 18.1 Å². The summed E-state index contributed by atoms with van der Waals surface area (Å²) in [6.45, 7) is 12.6. The van der Waals surface area contributed by atoms with Crippen LogP contribution in [0.4, 0.5) is 0 Å². The number of allylic oxidation sites excluding steroid dienone is 4. The van der Waals surface area contributed by atoms with Crippen molar-refractivity contribution in [2.24, 2.45) is 0 Å². The summed E-state index contributed by atoms with van der Waals surface area (Å²) in [6.07, 6.45) is 27.0. The Bertz CT molecular complexity index is 494. The molecule has 0 aliphatic carbocycles. The Morgan fingerprint density at radius 1 is 0.848 bits per heavy atom. The molecule has 3 nitrogen and oxygen atoms in total. The fourth-order valence-corrected chi connectivity index (χ4v) is 4.56. The van der Waals surface area contributed by atoms with Crippen molar-refractivity contribution in [2.45, 2.75) is 135 Å². The Morgan fingerprint density at radius 2 is 1.39 bits per heavy atom. The van der Waals surface area contributed by atoms with E-state index in [1.54, 1.807) is 0 Å². The van der Waals surface area contributed by atoms with Gasteiger partial charge in [-0.2, -0.15) is 0 Å². The number of rotatable bonds is 22. The molecule has 0 saturated carbocycles. The second-order valence-electron chi connectivity index (χ2n) is 11.3. The summed E-state index contributed by atoms with van der Waals surface area (Å²) in [5.74, 6) is 0. The second-order valence-corrected chi connectivity index (χ2v) is 15.8. The Hall–Kier alpha value is -0.423. The zero-order valence-electron chi connectivity index (χ0n) is 23.5. The highest BCUT2D eigenvalue weighted by Crippen LogP contribution is 2.40. The number of nitrogens with zero attached hydrogens (tertiary/aromatic N) is 1. The molecule has 0 aromatic rings. The molecular weight excluding hydrogens is 422 g/mol. The monoisotopic (exact) mass is 481 g/mol. The van der Waals surface area contributed by atoms with Crippen LogP contribution in [0.1, 0.15) is 111 Å². The third-order valence-corrected chi connectivity index (χ3v) is 10.6. The highest BCUT2D eigenvalue weighted by molar-refractivity contribution is 6.72. The number of unbranched alkanes of at least 4 members (excludes halogenated alkanes) is 9. The van der Waals surface area contributed by atoms with Crippen LogP contribution in [0.5, 0.6) is 0 Å². The van der Waals surface area contributed by atoms with Gasteiger partial charge >= 0.3 is 0 Å². The first-order valence-electron chi connectivity index (χ1n) is 13.9. The molecule has 4 heteroatoms. The van der Waals surface area contributed by atoms with E-state index in [2.05, 4.69) is 77.2 Å². The van der Waals surface area contributed by atoms with Crippen LogP contribution in [-0.4, -0.2) is 51.4 Å². The maximum absolute atomic E-state index is 10.6. The first-order valence-corrected chi connectivity index (χ1v) is 16.8. The van der Waals surface area contributed by atoms with Gasteiger partial charge in [-0.3, -0.25) is 0 Å². The van der Waals surface area contributed by atoms with Gasteiger partial charge in [-0.25, -0.2) is 0 Å². The molecule has 33 heavy (non-hydrogen) atoms. The molecule has 1 unspecified atom stereocenters. The highest BCUT2D eigenvalue weighted by atomic mass is 28.4. The predicted molar refractivity (Wildman–Crippen MR) is 151 cm³/mol. The van der Waals surface area contributed by atoms with Crippen molar-refractivity contribution in [1.29, 1.82) is 0 Å². The zero-order valence-corrected chi connectivity index (χ0v) is 24.5. The van der Waals surface area contributed by atoms with Gasteiger partial charge in [-0.15, -0.1) is 0 Å². The average Bonchev–Trinajstić information content (AvgIpc) is 2.73. The number of hydrogen-bond donors (Lipinski definition) is 1. The summed E-state index contributed by atoms with van der Waals surface area (Å²) in [7, 11) is 2.09. The average molecular weight is 482 g/mol. The smallest absolute Gasteiger partial charge is 0.188 e. The minimum atomic E-state index is -2.15. The fourth-order valence-electron chi connectivity index (χ4n) is 3.80. The van der Waals surface area contributed by atoms with Crippen molar-refractivity contribution in [1.82, 2.24) is 4.90 Å². The molecule has 0 saturated heterocycles. The fraction of sp³-hybridized carbons (Fsp3) is 0.862.